The molecule has 1 N–H and O–H groups in total. The van der Waals surface area contributed by atoms with Crippen LogP contribution in [0.1, 0.15) is 10.4 Å². The number of hydrogen-bond donors (Lipinski definition) is 1. The van der Waals surface area contributed by atoms with Crippen LogP contribution < -0.4 is 0 Å². The predicted octanol–water partition coefficient (Wildman–Crippen LogP) is 0.260. The Kier molecular flexibility index (Phi) is 5.30. The number of benzene rings is 1. The zero-order valence-corrected chi connectivity index (χ0v) is 13.8. The number of carbonyl (C=O) groups is 2. The Morgan fingerprint density at radius 3 is 2.32 bits per heavy atom. The quantitative estimate of drug-likeness (QED) is 0.814. The van der Waals surface area contributed by atoms with E-state index in [2.05, 4.69) is 3.77 Å². The van der Waals surface area contributed by atoms with Gasteiger partial charge in [0.15, 0.2) is 0 Å². The van der Waals surface area contributed by atoms with Crippen molar-refractivity contribution < 1.29 is 27.3 Å². The maximum atomic E-state index is 12.0. The van der Waals surface area contributed by atoms with E-state index < -0.39 is 38.2 Å². The van der Waals surface area contributed by atoms with E-state index in [0.29, 0.717) is 0 Å². The molecular formula is C12H16N2O6S2. The van der Waals surface area contributed by atoms with Crippen molar-refractivity contribution in [2.24, 2.45) is 3.77 Å². The van der Waals surface area contributed by atoms with Crippen LogP contribution in [0.5, 0.6) is 0 Å². The number of carboxylic acid groups (broad SMARTS) is 1. The third kappa shape index (κ3) is 5.11. The lowest BCUT2D eigenvalue weighted by atomic mass is 10.2. The number of rotatable bonds is 5. The largest absolute Gasteiger partial charge is 0.480 e. The van der Waals surface area contributed by atoms with Gasteiger partial charge in [0.25, 0.3) is 15.9 Å². The highest BCUT2D eigenvalue weighted by Crippen LogP contribution is 2.16. The van der Waals surface area contributed by atoms with E-state index in [1.165, 1.54) is 37.8 Å². The van der Waals surface area contributed by atoms with E-state index in [9.17, 15) is 22.2 Å². The number of sulfonamides is 1. The number of nitrogens with zero attached hydrogens (tertiary/aromatic N) is 2. The molecule has 0 radical (unpaired) electrons. The molecule has 0 saturated carbocycles. The van der Waals surface area contributed by atoms with Crippen LogP contribution in [-0.4, -0.2) is 60.6 Å². The van der Waals surface area contributed by atoms with E-state index in [0.717, 1.165) is 11.0 Å². The molecule has 22 heavy (non-hydrogen) atoms. The van der Waals surface area contributed by atoms with Gasteiger partial charge in [0.05, 0.1) is 14.6 Å². The lowest BCUT2D eigenvalue weighted by Crippen LogP contribution is -2.32. The molecule has 0 aliphatic carbocycles. The molecule has 122 valence electrons. The zero-order valence-electron chi connectivity index (χ0n) is 12.2. The Morgan fingerprint density at radius 2 is 1.82 bits per heavy atom. The third-order valence-corrected chi connectivity index (χ3v) is 5.45. The normalized spacial score (nSPS) is 11.8. The molecule has 0 aliphatic heterocycles. The summed E-state index contributed by atoms with van der Waals surface area (Å²) in [6.45, 7) is -0.516. The minimum Gasteiger partial charge on any atom is -0.480 e. The van der Waals surface area contributed by atoms with Crippen LogP contribution in [-0.2, 0) is 24.5 Å². The van der Waals surface area contributed by atoms with Crippen molar-refractivity contribution in [3.05, 3.63) is 29.8 Å². The van der Waals surface area contributed by atoms with Crippen molar-refractivity contribution in [2.45, 2.75) is 4.90 Å². The Balaban J connectivity index is 3.24. The minimum absolute atomic E-state index is 0.00118. The van der Waals surface area contributed by atoms with Crippen LogP contribution in [0.25, 0.3) is 0 Å². The van der Waals surface area contributed by atoms with Crippen molar-refractivity contribution in [1.82, 2.24) is 4.90 Å². The number of carbonyl (C=O) groups excluding carboxylic acids is 1. The summed E-state index contributed by atoms with van der Waals surface area (Å²) in [4.78, 5) is 23.3. The molecular weight excluding hydrogens is 332 g/mol. The monoisotopic (exact) mass is 348 g/mol. The first-order chi connectivity index (χ1) is 9.92. The van der Waals surface area contributed by atoms with Crippen molar-refractivity contribution in [1.29, 1.82) is 0 Å². The van der Waals surface area contributed by atoms with Crippen molar-refractivity contribution >= 4 is 31.6 Å². The fraction of sp³-hybridized carbons (Fsp3) is 0.333. The summed E-state index contributed by atoms with van der Waals surface area (Å²) < 4.78 is 38.8. The third-order valence-electron chi connectivity index (χ3n) is 2.38. The van der Waals surface area contributed by atoms with Gasteiger partial charge in [-0.15, -0.1) is 3.77 Å². The Hall–Kier alpha value is -1.94. The van der Waals surface area contributed by atoms with Crippen LogP contribution in [0.4, 0.5) is 0 Å². The first-order valence-corrected chi connectivity index (χ1v) is 9.70. The topological polar surface area (TPSA) is 121 Å². The van der Waals surface area contributed by atoms with Crippen molar-refractivity contribution in [2.75, 3.05) is 26.1 Å². The fourth-order valence-corrected chi connectivity index (χ4v) is 4.33. The van der Waals surface area contributed by atoms with Crippen LogP contribution >= 0.6 is 0 Å². The Morgan fingerprint density at radius 1 is 1.23 bits per heavy atom. The maximum absolute atomic E-state index is 12.0. The average Bonchev–Trinajstić information content (AvgIpc) is 2.34. The number of carboxylic acids is 1. The summed E-state index contributed by atoms with van der Waals surface area (Å²) in [5.41, 5.74) is -0.00118. The SMILES string of the molecule is CN(CC(=O)O)C(=O)c1cccc(S(=O)(=O)N=S(C)(C)=O)c1. The van der Waals surface area contributed by atoms with Crippen LogP contribution in [0.2, 0.25) is 0 Å². The van der Waals surface area contributed by atoms with Gasteiger partial charge in [-0.1, -0.05) is 6.07 Å². The van der Waals surface area contributed by atoms with Gasteiger partial charge in [0.2, 0.25) is 0 Å². The lowest BCUT2D eigenvalue weighted by Gasteiger charge is -2.14. The molecule has 8 nitrogen and oxygen atoms in total. The van der Waals surface area contributed by atoms with Gasteiger partial charge < -0.3 is 10.0 Å². The molecule has 0 bridgehead atoms. The van der Waals surface area contributed by atoms with Crippen molar-refractivity contribution in [3.63, 3.8) is 0 Å². The highest BCUT2D eigenvalue weighted by molar-refractivity contribution is 8.02. The van der Waals surface area contributed by atoms with Gasteiger partial charge in [-0.05, 0) is 18.2 Å². The van der Waals surface area contributed by atoms with Gasteiger partial charge in [0.1, 0.15) is 6.54 Å². The second-order valence-corrected chi connectivity index (χ2v) is 9.19. The first kappa shape index (κ1) is 18.1. The molecule has 10 heteroatoms. The maximum Gasteiger partial charge on any atom is 0.323 e. The summed E-state index contributed by atoms with van der Waals surface area (Å²) in [5, 5.41) is 8.65. The van der Waals surface area contributed by atoms with Gasteiger partial charge in [0, 0.05) is 25.1 Å². The van der Waals surface area contributed by atoms with Gasteiger partial charge in [-0.3, -0.25) is 9.59 Å². The lowest BCUT2D eigenvalue weighted by molar-refractivity contribution is -0.137. The molecule has 0 atom stereocenters. The first-order valence-electron chi connectivity index (χ1n) is 5.93. The highest BCUT2D eigenvalue weighted by atomic mass is 32.3. The average molecular weight is 348 g/mol. The van der Waals surface area contributed by atoms with Crippen LogP contribution in [0.3, 0.4) is 0 Å². The van der Waals surface area contributed by atoms with E-state index in [1.54, 1.807) is 0 Å². The Labute approximate surface area is 129 Å². The van der Waals surface area contributed by atoms with E-state index in [4.69, 9.17) is 5.11 Å². The summed E-state index contributed by atoms with van der Waals surface area (Å²) in [7, 11) is -5.76. The molecule has 0 aromatic heterocycles. The minimum atomic E-state index is -4.16. The number of amides is 1. The standard InChI is InChI=1S/C12H16N2O6S2/c1-14(8-11(15)16)12(17)9-5-4-6-10(7-9)22(19,20)13-21(2,3)18/h4-7H,8H2,1-3H3,(H,15,16). The smallest absolute Gasteiger partial charge is 0.323 e. The highest BCUT2D eigenvalue weighted by Gasteiger charge is 2.19. The molecule has 1 aromatic carbocycles. The molecule has 0 unspecified atom stereocenters. The second-order valence-electron chi connectivity index (χ2n) is 4.81. The molecule has 0 aliphatic rings. The zero-order chi connectivity index (χ0) is 17.1. The van der Waals surface area contributed by atoms with Gasteiger partial charge in [-0.25, -0.2) is 4.21 Å². The molecule has 0 fully saturated rings. The second kappa shape index (κ2) is 6.44. The molecule has 1 rings (SSSR count). The van der Waals surface area contributed by atoms with E-state index >= 15 is 0 Å². The number of aliphatic carboxylic acids is 1. The summed E-state index contributed by atoms with van der Waals surface area (Å²) in [6.07, 6.45) is 2.36. The van der Waals surface area contributed by atoms with Crippen LogP contribution in [0, 0.1) is 0 Å². The predicted molar refractivity (Wildman–Crippen MR) is 80.6 cm³/mol. The number of hydrogen-bond acceptors (Lipinski definition) is 5. The number of likely N-dealkylation sites (N-methyl/N-ethyl adjacent to an activating group) is 1. The van der Waals surface area contributed by atoms with Gasteiger partial charge in [-0.2, -0.15) is 8.42 Å². The van der Waals surface area contributed by atoms with E-state index in [-0.39, 0.29) is 10.5 Å². The van der Waals surface area contributed by atoms with Crippen molar-refractivity contribution in [3.8, 4) is 0 Å². The molecule has 0 saturated heterocycles. The molecule has 1 amide bonds. The molecule has 1 aromatic rings. The fourth-order valence-electron chi connectivity index (χ4n) is 1.56. The Bertz CT molecular complexity index is 814. The summed E-state index contributed by atoms with van der Waals surface area (Å²) in [5.74, 6) is -1.83. The van der Waals surface area contributed by atoms with E-state index in [1.807, 2.05) is 0 Å². The molecule has 0 heterocycles. The molecule has 0 spiro atoms. The summed E-state index contributed by atoms with van der Waals surface area (Å²) >= 11 is 0. The summed E-state index contributed by atoms with van der Waals surface area (Å²) in [6, 6.07) is 4.98. The van der Waals surface area contributed by atoms with Gasteiger partial charge >= 0.3 is 5.97 Å². The van der Waals surface area contributed by atoms with Crippen LogP contribution in [0.15, 0.2) is 32.9 Å².